The van der Waals surface area contributed by atoms with Crippen molar-refractivity contribution in [1.29, 1.82) is 0 Å². The predicted molar refractivity (Wildman–Crippen MR) is 137 cm³/mol. The van der Waals surface area contributed by atoms with Crippen LogP contribution in [-0.2, 0) is 18.6 Å². The Morgan fingerprint density at radius 3 is 2.69 bits per heavy atom. The molecule has 1 aliphatic heterocycles. The quantitative estimate of drug-likeness (QED) is 0.306. The molecule has 12 heteroatoms. The Hall–Kier alpha value is -2.55. The van der Waals surface area contributed by atoms with Crippen molar-refractivity contribution in [3.05, 3.63) is 58.8 Å². The summed E-state index contributed by atoms with van der Waals surface area (Å²) in [4.78, 5) is 37.3. The summed E-state index contributed by atoms with van der Waals surface area (Å²) < 4.78 is 30.6. The molecule has 2 N–H and O–H groups in total. The Labute approximate surface area is 216 Å². The number of nitrogens with one attached hydrogen (secondary N) is 2. The van der Waals surface area contributed by atoms with Gasteiger partial charge in [0.25, 0.3) is 0 Å². The molecule has 1 unspecified atom stereocenters. The Bertz CT molecular complexity index is 1270. The van der Waals surface area contributed by atoms with Crippen molar-refractivity contribution in [1.82, 2.24) is 19.9 Å². The summed E-state index contributed by atoms with van der Waals surface area (Å²) in [6, 6.07) is 9.55. The van der Waals surface area contributed by atoms with Crippen LogP contribution in [0, 0.1) is 0 Å². The molecular weight excluding hydrogens is 550 g/mol. The van der Waals surface area contributed by atoms with E-state index in [1.54, 1.807) is 38.8 Å². The van der Waals surface area contributed by atoms with E-state index in [0.29, 0.717) is 29.6 Å². The van der Waals surface area contributed by atoms with Gasteiger partial charge in [-0.15, -0.1) is 0 Å². The van der Waals surface area contributed by atoms with Gasteiger partial charge in [-0.3, -0.25) is 0 Å². The zero-order valence-corrected chi connectivity index (χ0v) is 23.2. The number of nitrogens with zero attached hydrogens (tertiary/aromatic N) is 2. The Balaban J connectivity index is 1.75. The van der Waals surface area contributed by atoms with Crippen LogP contribution in [0.5, 0.6) is 0 Å². The molecule has 1 fully saturated rings. The SMILES string of the molecule is CCO[P+](=O)CO[C@@H]1[C@@H]([Se]c2ccccc2)C[C@H](c2c[nH]c3c(=O)[nH]cnc23)N1C(=O)OC(C)(C)C. The first kappa shape index (κ1) is 26.5. The number of rotatable bonds is 8. The van der Waals surface area contributed by atoms with Crippen LogP contribution in [0.1, 0.15) is 45.7 Å². The van der Waals surface area contributed by atoms with E-state index in [-0.39, 0.29) is 31.7 Å². The molecule has 2 aromatic heterocycles. The average Bonchev–Trinajstić information content (AvgIpc) is 3.40. The number of aromatic nitrogens is 3. The topological polar surface area (TPSA) is 127 Å². The fourth-order valence-corrected chi connectivity index (χ4v) is 7.44. The van der Waals surface area contributed by atoms with E-state index in [0.717, 1.165) is 4.46 Å². The number of likely N-dealkylation sites (tertiary alicyclic amines) is 1. The predicted octanol–water partition coefficient (Wildman–Crippen LogP) is 3.83. The first-order chi connectivity index (χ1) is 17.2. The van der Waals surface area contributed by atoms with Crippen LogP contribution in [0.25, 0.3) is 11.0 Å². The molecule has 192 valence electrons. The van der Waals surface area contributed by atoms with Crippen LogP contribution in [0.2, 0.25) is 4.82 Å². The van der Waals surface area contributed by atoms with E-state index in [1.165, 1.54) is 6.33 Å². The summed E-state index contributed by atoms with van der Waals surface area (Å²) in [5.41, 5.74) is 0.506. The molecule has 3 heterocycles. The fraction of sp³-hybridized carbons (Fsp3) is 0.458. The number of benzene rings is 1. The third kappa shape index (κ3) is 6.05. The van der Waals surface area contributed by atoms with Gasteiger partial charge in [0.15, 0.2) is 0 Å². The van der Waals surface area contributed by atoms with Gasteiger partial charge in [-0.25, -0.2) is 0 Å². The van der Waals surface area contributed by atoms with Crippen molar-refractivity contribution in [2.45, 2.75) is 56.8 Å². The van der Waals surface area contributed by atoms with Gasteiger partial charge in [0.05, 0.1) is 0 Å². The summed E-state index contributed by atoms with van der Waals surface area (Å²) >= 11 is -0.0742. The van der Waals surface area contributed by atoms with Crippen molar-refractivity contribution < 1.29 is 23.4 Å². The molecule has 1 amide bonds. The normalized spacial score (nSPS) is 20.6. The van der Waals surface area contributed by atoms with Crippen molar-refractivity contribution in [3.63, 3.8) is 0 Å². The monoisotopic (exact) mass is 581 g/mol. The van der Waals surface area contributed by atoms with Gasteiger partial charge >= 0.3 is 216 Å². The molecule has 4 rings (SSSR count). The number of fused-ring (bicyclic) bond motifs is 1. The molecular formula is C24H30N4O6PSe+. The molecule has 4 atom stereocenters. The zero-order chi connectivity index (χ0) is 25.9. The van der Waals surface area contributed by atoms with Gasteiger partial charge in [0, 0.05) is 0 Å². The number of aromatic amines is 2. The summed E-state index contributed by atoms with van der Waals surface area (Å²) in [5.74, 6) is 0. The molecule has 10 nitrogen and oxygen atoms in total. The summed E-state index contributed by atoms with van der Waals surface area (Å²) in [5, 5.41) is 0. The third-order valence-corrected chi connectivity index (χ3v) is 9.08. The second-order valence-corrected chi connectivity index (χ2v) is 13.2. The molecule has 3 aromatic rings. The number of amides is 1. The standard InChI is InChI=1S/C24H29N4O6PSe/c1-5-33-35(31)14-32-22-18(36-15-9-7-6-8-10-15)11-17(28(22)23(30)34-24(2,3)4)16-12-25-20-19(16)26-13-27-21(20)29/h6-10,12-13,17-18,22H,5,11,14H2,1-4H3,(H-,25,26,27,29)/p+1/t17-,18+,22-/m1/s1. The van der Waals surface area contributed by atoms with Crippen LogP contribution in [-0.4, -0.2) is 65.7 Å². The first-order valence-electron chi connectivity index (χ1n) is 11.6. The van der Waals surface area contributed by atoms with Gasteiger partial charge in [0.1, 0.15) is 0 Å². The molecule has 36 heavy (non-hydrogen) atoms. The number of ether oxygens (including phenoxy) is 2. The van der Waals surface area contributed by atoms with Crippen LogP contribution in [0.3, 0.4) is 0 Å². The maximum atomic E-state index is 13.6. The minimum absolute atomic E-state index is 0.0742. The van der Waals surface area contributed by atoms with Crippen LogP contribution in [0.4, 0.5) is 4.79 Å². The van der Waals surface area contributed by atoms with E-state index in [2.05, 4.69) is 27.1 Å². The summed E-state index contributed by atoms with van der Waals surface area (Å²) in [7, 11) is -2.04. The zero-order valence-electron chi connectivity index (χ0n) is 20.6. The van der Waals surface area contributed by atoms with Gasteiger partial charge < -0.3 is 0 Å². The number of H-pyrrole nitrogens is 2. The molecule has 1 aliphatic rings. The Morgan fingerprint density at radius 1 is 1.25 bits per heavy atom. The third-order valence-electron chi connectivity index (χ3n) is 5.50. The first-order valence-corrected chi connectivity index (χ1v) is 14.9. The number of hydrogen-bond acceptors (Lipinski definition) is 7. The van der Waals surface area contributed by atoms with Gasteiger partial charge in [0.2, 0.25) is 0 Å². The van der Waals surface area contributed by atoms with E-state index in [1.807, 2.05) is 18.2 Å². The van der Waals surface area contributed by atoms with Gasteiger partial charge in [-0.2, -0.15) is 0 Å². The van der Waals surface area contributed by atoms with Crippen LogP contribution < -0.4 is 10.0 Å². The Morgan fingerprint density at radius 2 is 2.00 bits per heavy atom. The molecule has 1 aromatic carbocycles. The average molecular weight is 580 g/mol. The van der Waals surface area contributed by atoms with Crippen molar-refractivity contribution in [2.24, 2.45) is 0 Å². The Kier molecular flexibility index (Phi) is 8.27. The number of carbonyl (C=O) groups is 1. The molecule has 0 spiro atoms. The van der Waals surface area contributed by atoms with Crippen molar-refractivity contribution in [2.75, 3.05) is 13.0 Å². The van der Waals surface area contributed by atoms with Crippen molar-refractivity contribution >= 4 is 44.6 Å². The number of carbonyl (C=O) groups excluding carboxylic acids is 1. The number of hydrogen-bond donors (Lipinski definition) is 2. The van der Waals surface area contributed by atoms with Crippen LogP contribution >= 0.6 is 8.03 Å². The summed E-state index contributed by atoms with van der Waals surface area (Å²) in [6.45, 7) is 7.47. The van der Waals surface area contributed by atoms with Gasteiger partial charge in [-0.1, -0.05) is 0 Å². The molecule has 0 radical (unpaired) electrons. The minimum atomic E-state index is -2.04. The van der Waals surface area contributed by atoms with E-state index in [9.17, 15) is 14.2 Å². The molecule has 1 saturated heterocycles. The molecule has 0 bridgehead atoms. The molecule has 0 saturated carbocycles. The van der Waals surface area contributed by atoms with Crippen molar-refractivity contribution in [3.8, 4) is 0 Å². The summed E-state index contributed by atoms with van der Waals surface area (Å²) in [6.07, 6.45) is 2.23. The molecule has 0 aliphatic carbocycles. The fourth-order valence-electron chi connectivity index (χ4n) is 4.14. The van der Waals surface area contributed by atoms with E-state index >= 15 is 0 Å². The van der Waals surface area contributed by atoms with E-state index in [4.69, 9.17) is 14.0 Å². The van der Waals surface area contributed by atoms with E-state index < -0.39 is 32.0 Å². The van der Waals surface area contributed by atoms with Gasteiger partial charge in [-0.05, 0) is 0 Å². The van der Waals surface area contributed by atoms with Crippen LogP contribution in [0.15, 0.2) is 47.7 Å². The second-order valence-electron chi connectivity index (χ2n) is 9.24. The second kappa shape index (κ2) is 11.2. The maximum absolute atomic E-state index is 13.6.